The third-order valence-corrected chi connectivity index (χ3v) is 5.84. The summed E-state index contributed by atoms with van der Waals surface area (Å²) in [6.07, 6.45) is -0.563. The first-order valence-corrected chi connectivity index (χ1v) is 11.9. The van der Waals surface area contributed by atoms with E-state index in [4.69, 9.17) is 9.47 Å². The Balaban J connectivity index is 1.42. The molecule has 38 heavy (non-hydrogen) atoms. The van der Waals surface area contributed by atoms with Crippen LogP contribution in [0.1, 0.15) is 16.7 Å². The molecule has 194 valence electrons. The lowest BCUT2D eigenvalue weighted by atomic mass is 9.98. The number of carbonyl (C=O) groups is 2. The monoisotopic (exact) mass is 516 g/mol. The van der Waals surface area contributed by atoms with Gasteiger partial charge in [-0.25, -0.2) is 13.6 Å². The molecule has 0 aliphatic carbocycles. The Labute approximate surface area is 219 Å². The van der Waals surface area contributed by atoms with Crippen molar-refractivity contribution in [1.29, 1.82) is 0 Å². The van der Waals surface area contributed by atoms with Gasteiger partial charge in [0.25, 0.3) is 0 Å². The number of para-hydroxylation sites is 1. The SMILES string of the molecule is COc1ccc(CC(=O)NCc2ccccc2-c2ccccc2OC(=O)NCc2ccc(F)cc2F)cc1. The number of benzene rings is 4. The van der Waals surface area contributed by atoms with Crippen LogP contribution < -0.4 is 20.1 Å². The largest absolute Gasteiger partial charge is 0.497 e. The van der Waals surface area contributed by atoms with Crippen LogP contribution in [-0.4, -0.2) is 19.1 Å². The first-order valence-electron chi connectivity index (χ1n) is 11.9. The molecule has 0 saturated heterocycles. The van der Waals surface area contributed by atoms with Crippen molar-refractivity contribution in [3.05, 3.63) is 119 Å². The molecule has 4 rings (SSSR count). The van der Waals surface area contributed by atoms with Crippen molar-refractivity contribution < 1.29 is 27.8 Å². The molecule has 0 saturated carbocycles. The molecule has 0 bridgehead atoms. The lowest BCUT2D eigenvalue weighted by Crippen LogP contribution is -2.27. The predicted octanol–water partition coefficient (Wildman–Crippen LogP) is 5.79. The topological polar surface area (TPSA) is 76.7 Å². The summed E-state index contributed by atoms with van der Waals surface area (Å²) in [4.78, 5) is 25.0. The summed E-state index contributed by atoms with van der Waals surface area (Å²) in [5, 5.41) is 5.42. The zero-order valence-electron chi connectivity index (χ0n) is 20.7. The summed E-state index contributed by atoms with van der Waals surface area (Å²) in [5.41, 5.74) is 3.26. The Morgan fingerprint density at radius 1 is 0.763 bits per heavy atom. The molecule has 4 aromatic carbocycles. The van der Waals surface area contributed by atoms with Gasteiger partial charge in [0.05, 0.1) is 13.5 Å². The van der Waals surface area contributed by atoms with Gasteiger partial charge in [-0.1, -0.05) is 60.7 Å². The molecule has 8 heteroatoms. The van der Waals surface area contributed by atoms with E-state index < -0.39 is 17.7 Å². The molecular weight excluding hydrogens is 490 g/mol. The van der Waals surface area contributed by atoms with Gasteiger partial charge in [0.1, 0.15) is 23.1 Å². The van der Waals surface area contributed by atoms with Gasteiger partial charge in [-0.05, 0) is 41.0 Å². The van der Waals surface area contributed by atoms with Gasteiger partial charge in [0.2, 0.25) is 5.91 Å². The smallest absolute Gasteiger partial charge is 0.412 e. The predicted molar refractivity (Wildman–Crippen MR) is 140 cm³/mol. The van der Waals surface area contributed by atoms with Crippen molar-refractivity contribution in [3.8, 4) is 22.6 Å². The number of halogens is 2. The summed E-state index contributed by atoms with van der Waals surface area (Å²) in [6, 6.07) is 24.9. The Morgan fingerprint density at radius 2 is 1.45 bits per heavy atom. The Bertz CT molecular complexity index is 1420. The van der Waals surface area contributed by atoms with E-state index in [9.17, 15) is 18.4 Å². The molecule has 0 aliphatic rings. The number of hydrogen-bond donors (Lipinski definition) is 2. The van der Waals surface area contributed by atoms with E-state index in [2.05, 4.69) is 10.6 Å². The first-order chi connectivity index (χ1) is 18.4. The maximum absolute atomic E-state index is 13.9. The third-order valence-electron chi connectivity index (χ3n) is 5.84. The average Bonchev–Trinajstić information content (AvgIpc) is 2.92. The van der Waals surface area contributed by atoms with E-state index in [1.165, 1.54) is 6.07 Å². The summed E-state index contributed by atoms with van der Waals surface area (Å²) in [6.45, 7) is 0.111. The van der Waals surface area contributed by atoms with Crippen LogP contribution in [-0.2, 0) is 24.3 Å². The Kier molecular flexibility index (Phi) is 8.66. The lowest BCUT2D eigenvalue weighted by molar-refractivity contribution is -0.120. The van der Waals surface area contributed by atoms with E-state index >= 15 is 0 Å². The highest BCUT2D eigenvalue weighted by atomic mass is 19.1. The van der Waals surface area contributed by atoms with E-state index in [0.717, 1.165) is 34.6 Å². The fraction of sp³-hybridized carbons (Fsp3) is 0.133. The Morgan fingerprint density at radius 3 is 2.18 bits per heavy atom. The molecule has 0 heterocycles. The number of hydrogen-bond acceptors (Lipinski definition) is 4. The van der Waals surface area contributed by atoms with Crippen LogP contribution in [0.15, 0.2) is 91.0 Å². The minimum Gasteiger partial charge on any atom is -0.497 e. The van der Waals surface area contributed by atoms with Crippen molar-refractivity contribution in [3.63, 3.8) is 0 Å². The van der Waals surface area contributed by atoms with Crippen LogP contribution in [0.25, 0.3) is 11.1 Å². The van der Waals surface area contributed by atoms with Gasteiger partial charge in [0.15, 0.2) is 0 Å². The van der Waals surface area contributed by atoms with Gasteiger partial charge >= 0.3 is 6.09 Å². The lowest BCUT2D eigenvalue weighted by Gasteiger charge is -2.15. The zero-order valence-corrected chi connectivity index (χ0v) is 20.7. The molecule has 6 nitrogen and oxygen atoms in total. The maximum Gasteiger partial charge on any atom is 0.412 e. The van der Waals surface area contributed by atoms with Crippen molar-refractivity contribution in [2.24, 2.45) is 0 Å². The second-order valence-electron chi connectivity index (χ2n) is 8.43. The third kappa shape index (κ3) is 6.94. The van der Waals surface area contributed by atoms with Crippen LogP contribution in [0.3, 0.4) is 0 Å². The normalized spacial score (nSPS) is 10.5. The molecule has 2 amide bonds. The van der Waals surface area contributed by atoms with Crippen LogP contribution in [0.2, 0.25) is 0 Å². The summed E-state index contributed by atoms with van der Waals surface area (Å²) in [5.74, 6) is -0.573. The van der Waals surface area contributed by atoms with Crippen molar-refractivity contribution in [2.45, 2.75) is 19.5 Å². The summed E-state index contributed by atoms with van der Waals surface area (Å²) < 4.78 is 37.7. The molecule has 0 fully saturated rings. The van der Waals surface area contributed by atoms with E-state index in [0.29, 0.717) is 11.3 Å². The highest BCUT2D eigenvalue weighted by Crippen LogP contribution is 2.32. The molecule has 2 N–H and O–H groups in total. The average molecular weight is 517 g/mol. The van der Waals surface area contributed by atoms with Gasteiger partial charge < -0.3 is 20.1 Å². The quantitative estimate of drug-likeness (QED) is 0.295. The van der Waals surface area contributed by atoms with E-state index in [-0.39, 0.29) is 31.0 Å². The second-order valence-corrected chi connectivity index (χ2v) is 8.43. The molecule has 0 radical (unpaired) electrons. The van der Waals surface area contributed by atoms with Crippen LogP contribution in [0.5, 0.6) is 11.5 Å². The maximum atomic E-state index is 13.9. The van der Waals surface area contributed by atoms with Gasteiger partial charge in [0, 0.05) is 30.3 Å². The Hall–Kier alpha value is -4.72. The van der Waals surface area contributed by atoms with Gasteiger partial charge in [-0.15, -0.1) is 0 Å². The fourth-order valence-electron chi connectivity index (χ4n) is 3.87. The highest BCUT2D eigenvalue weighted by Gasteiger charge is 2.15. The van der Waals surface area contributed by atoms with Crippen molar-refractivity contribution in [1.82, 2.24) is 10.6 Å². The standard InChI is InChI=1S/C30H26F2N2O4/c1-37-24-14-10-20(11-15-24)16-29(35)33-18-21-6-2-3-7-25(21)26-8-4-5-9-28(26)38-30(36)34-19-22-12-13-23(31)17-27(22)32/h2-15,17H,16,18-19H2,1H3,(H,33,35)(H,34,36). The fourth-order valence-corrected chi connectivity index (χ4v) is 3.87. The molecule has 0 aromatic heterocycles. The van der Waals surface area contributed by atoms with Crippen LogP contribution in [0, 0.1) is 11.6 Å². The summed E-state index contributed by atoms with van der Waals surface area (Å²) in [7, 11) is 1.59. The number of ether oxygens (including phenoxy) is 2. The molecule has 0 aliphatic heterocycles. The number of nitrogens with one attached hydrogen (secondary N) is 2. The second kappa shape index (κ2) is 12.5. The highest BCUT2D eigenvalue weighted by molar-refractivity contribution is 5.80. The molecule has 4 aromatic rings. The number of carbonyl (C=O) groups excluding carboxylic acids is 2. The molecule has 0 unspecified atom stereocenters. The number of rotatable bonds is 9. The number of amides is 2. The summed E-state index contributed by atoms with van der Waals surface area (Å²) >= 11 is 0. The molecule has 0 atom stereocenters. The minimum atomic E-state index is -0.786. The minimum absolute atomic E-state index is 0.132. The molecule has 0 spiro atoms. The van der Waals surface area contributed by atoms with E-state index in [1.54, 1.807) is 37.4 Å². The van der Waals surface area contributed by atoms with Gasteiger partial charge in [-0.3, -0.25) is 4.79 Å². The van der Waals surface area contributed by atoms with Crippen LogP contribution in [0.4, 0.5) is 13.6 Å². The zero-order chi connectivity index (χ0) is 26.9. The van der Waals surface area contributed by atoms with E-state index in [1.807, 2.05) is 42.5 Å². The van der Waals surface area contributed by atoms with Gasteiger partial charge in [-0.2, -0.15) is 0 Å². The number of methoxy groups -OCH3 is 1. The van der Waals surface area contributed by atoms with Crippen molar-refractivity contribution >= 4 is 12.0 Å². The first kappa shape index (κ1) is 26.3. The van der Waals surface area contributed by atoms with Crippen LogP contribution >= 0.6 is 0 Å². The van der Waals surface area contributed by atoms with Crippen molar-refractivity contribution in [2.75, 3.05) is 7.11 Å². The molecular formula is C30H26F2N2O4.